The highest BCUT2D eigenvalue weighted by Crippen LogP contribution is 2.41. The molecule has 8 nitrogen and oxygen atoms in total. The first-order chi connectivity index (χ1) is 15.3. The molecule has 3 heterocycles. The SMILES string of the molecule is CN/C(OC)=C1\C(=N)CN(C)C(=O)c2ccc(F)cc2C2CCCN2c2cc1cnc2N. The molecule has 2 aliphatic heterocycles. The van der Waals surface area contributed by atoms with Crippen molar-refractivity contribution in [1.82, 2.24) is 15.2 Å². The molecule has 1 aromatic carbocycles. The van der Waals surface area contributed by atoms with Crippen molar-refractivity contribution in [2.45, 2.75) is 18.9 Å². The normalized spacial score (nSPS) is 20.2. The zero-order chi connectivity index (χ0) is 23.0. The minimum Gasteiger partial charge on any atom is -0.482 e. The van der Waals surface area contributed by atoms with Gasteiger partial charge in [0.2, 0.25) is 0 Å². The second-order valence-corrected chi connectivity index (χ2v) is 8.01. The number of carbonyl (C=O) groups is 1. The molecule has 2 bridgehead atoms. The molecule has 1 unspecified atom stereocenters. The van der Waals surface area contributed by atoms with Crippen LogP contribution in [0.25, 0.3) is 5.57 Å². The van der Waals surface area contributed by atoms with Gasteiger partial charge in [-0.25, -0.2) is 9.37 Å². The lowest BCUT2D eigenvalue weighted by Crippen LogP contribution is -2.35. The Bertz CT molecular complexity index is 1110. The van der Waals surface area contributed by atoms with Gasteiger partial charge in [0, 0.05) is 38.0 Å². The lowest BCUT2D eigenvalue weighted by molar-refractivity contribution is 0.0813. The maximum Gasteiger partial charge on any atom is 0.254 e. The van der Waals surface area contributed by atoms with Crippen LogP contribution >= 0.6 is 0 Å². The number of hydrogen-bond donors (Lipinski definition) is 3. The number of nitrogens with one attached hydrogen (secondary N) is 2. The summed E-state index contributed by atoms with van der Waals surface area (Å²) in [5.41, 5.74) is 9.34. The number of halogens is 1. The fourth-order valence-electron chi connectivity index (χ4n) is 4.58. The maximum atomic E-state index is 14.3. The number of methoxy groups -OCH3 is 1. The number of nitrogens with zero attached hydrogens (tertiary/aromatic N) is 3. The summed E-state index contributed by atoms with van der Waals surface area (Å²) in [4.78, 5) is 21.3. The van der Waals surface area contributed by atoms with Gasteiger partial charge in [-0.2, -0.15) is 0 Å². The zero-order valence-corrected chi connectivity index (χ0v) is 18.4. The average molecular weight is 439 g/mol. The van der Waals surface area contributed by atoms with E-state index in [-0.39, 0.29) is 24.2 Å². The van der Waals surface area contributed by atoms with Crippen molar-refractivity contribution < 1.29 is 13.9 Å². The van der Waals surface area contributed by atoms with E-state index >= 15 is 0 Å². The molecule has 9 heteroatoms. The van der Waals surface area contributed by atoms with Crippen molar-refractivity contribution in [2.75, 3.05) is 44.9 Å². The largest absolute Gasteiger partial charge is 0.482 e. The molecule has 0 aliphatic carbocycles. The van der Waals surface area contributed by atoms with Gasteiger partial charge < -0.3 is 31.0 Å². The monoisotopic (exact) mass is 438 g/mol. The molecule has 4 N–H and O–H groups in total. The molecule has 2 aromatic rings. The predicted molar refractivity (Wildman–Crippen MR) is 122 cm³/mol. The number of carbonyl (C=O) groups excluding carboxylic acids is 1. The summed E-state index contributed by atoms with van der Waals surface area (Å²) in [6.07, 6.45) is 3.23. The summed E-state index contributed by atoms with van der Waals surface area (Å²) in [5.74, 6) is 0.0729. The topological polar surface area (TPSA) is 108 Å². The van der Waals surface area contributed by atoms with Gasteiger partial charge in [0.1, 0.15) is 11.6 Å². The van der Waals surface area contributed by atoms with Crippen LogP contribution in [0.5, 0.6) is 0 Å². The van der Waals surface area contributed by atoms with Crippen molar-refractivity contribution in [3.63, 3.8) is 0 Å². The summed E-state index contributed by atoms with van der Waals surface area (Å²) in [6, 6.07) is 5.94. The van der Waals surface area contributed by atoms with Gasteiger partial charge in [-0.3, -0.25) is 4.79 Å². The molecule has 0 saturated carbocycles. The molecule has 0 radical (unpaired) electrons. The number of benzene rings is 1. The molecular weight excluding hydrogens is 411 g/mol. The third-order valence-corrected chi connectivity index (χ3v) is 6.05. The quantitative estimate of drug-likeness (QED) is 0.623. The highest BCUT2D eigenvalue weighted by atomic mass is 19.1. The molecule has 1 atom stereocenters. The van der Waals surface area contributed by atoms with E-state index < -0.39 is 5.82 Å². The van der Waals surface area contributed by atoms with E-state index in [4.69, 9.17) is 15.9 Å². The summed E-state index contributed by atoms with van der Waals surface area (Å²) < 4.78 is 19.8. The predicted octanol–water partition coefficient (Wildman–Crippen LogP) is 2.78. The number of rotatable bonds is 2. The first-order valence-corrected chi connectivity index (χ1v) is 10.5. The third kappa shape index (κ3) is 3.63. The highest BCUT2D eigenvalue weighted by molar-refractivity contribution is 6.24. The van der Waals surface area contributed by atoms with E-state index in [1.165, 1.54) is 30.2 Å². The molecule has 4 rings (SSSR count). The fourth-order valence-corrected chi connectivity index (χ4v) is 4.58. The van der Waals surface area contributed by atoms with Gasteiger partial charge in [-0.1, -0.05) is 0 Å². The molecule has 168 valence electrons. The van der Waals surface area contributed by atoms with Gasteiger partial charge in [0.25, 0.3) is 5.91 Å². The first-order valence-electron chi connectivity index (χ1n) is 10.5. The minimum atomic E-state index is -0.394. The van der Waals surface area contributed by atoms with E-state index in [0.29, 0.717) is 46.2 Å². The molecular formula is C23H27FN6O2. The molecule has 1 aromatic heterocycles. The van der Waals surface area contributed by atoms with Crippen LogP contribution in [0, 0.1) is 11.2 Å². The number of pyridine rings is 1. The van der Waals surface area contributed by atoms with E-state index in [2.05, 4.69) is 15.2 Å². The zero-order valence-electron chi connectivity index (χ0n) is 18.4. The van der Waals surface area contributed by atoms with E-state index in [9.17, 15) is 9.18 Å². The van der Waals surface area contributed by atoms with E-state index in [1.807, 2.05) is 6.07 Å². The Morgan fingerprint density at radius 3 is 2.88 bits per heavy atom. The fraction of sp³-hybridized carbons (Fsp3) is 0.348. The molecule has 0 spiro atoms. The minimum absolute atomic E-state index is 0.0353. The number of aromatic nitrogens is 1. The van der Waals surface area contributed by atoms with Gasteiger partial charge in [0.05, 0.1) is 36.7 Å². The number of ether oxygens (including phenoxy) is 1. The summed E-state index contributed by atoms with van der Waals surface area (Å²) in [7, 11) is 4.86. The number of hydrogen-bond acceptors (Lipinski definition) is 7. The van der Waals surface area contributed by atoms with Crippen LogP contribution in [-0.4, -0.2) is 55.8 Å². The van der Waals surface area contributed by atoms with Crippen LogP contribution < -0.4 is 16.0 Å². The number of nitrogens with two attached hydrogens (primary N) is 1. The Balaban J connectivity index is 1.99. The van der Waals surface area contributed by atoms with Gasteiger partial charge in [0.15, 0.2) is 5.88 Å². The summed E-state index contributed by atoms with van der Waals surface area (Å²) in [6.45, 7) is 0.729. The van der Waals surface area contributed by atoms with E-state index in [1.54, 1.807) is 20.3 Å². The van der Waals surface area contributed by atoms with Crippen LogP contribution in [0.15, 0.2) is 36.3 Å². The Labute approximate surface area is 186 Å². The summed E-state index contributed by atoms with van der Waals surface area (Å²) in [5, 5.41) is 11.8. The molecule has 1 saturated heterocycles. The average Bonchev–Trinajstić information content (AvgIpc) is 3.26. The van der Waals surface area contributed by atoms with Crippen LogP contribution in [0.1, 0.15) is 40.4 Å². The lowest BCUT2D eigenvalue weighted by atomic mass is 9.95. The smallest absolute Gasteiger partial charge is 0.254 e. The Hall–Kier alpha value is -3.62. The Morgan fingerprint density at radius 2 is 2.16 bits per heavy atom. The van der Waals surface area contributed by atoms with Gasteiger partial charge >= 0.3 is 0 Å². The first kappa shape index (κ1) is 21.6. The van der Waals surface area contributed by atoms with Gasteiger partial charge in [-0.15, -0.1) is 0 Å². The van der Waals surface area contributed by atoms with Crippen molar-refractivity contribution >= 4 is 28.7 Å². The van der Waals surface area contributed by atoms with Crippen LogP contribution in [0.4, 0.5) is 15.9 Å². The molecule has 2 aliphatic rings. The molecule has 1 fully saturated rings. The van der Waals surface area contributed by atoms with Crippen molar-refractivity contribution in [1.29, 1.82) is 5.41 Å². The van der Waals surface area contributed by atoms with Crippen molar-refractivity contribution in [3.05, 3.63) is 58.9 Å². The third-order valence-electron chi connectivity index (χ3n) is 6.05. The lowest BCUT2D eigenvalue weighted by Gasteiger charge is -2.31. The Morgan fingerprint density at radius 1 is 1.38 bits per heavy atom. The highest BCUT2D eigenvalue weighted by Gasteiger charge is 2.33. The maximum absolute atomic E-state index is 14.3. The molecule has 1 amide bonds. The van der Waals surface area contributed by atoms with Crippen LogP contribution in [0.2, 0.25) is 0 Å². The van der Waals surface area contributed by atoms with Gasteiger partial charge in [-0.05, 0) is 42.7 Å². The number of amides is 1. The summed E-state index contributed by atoms with van der Waals surface area (Å²) >= 11 is 0. The van der Waals surface area contributed by atoms with E-state index in [0.717, 1.165) is 12.8 Å². The Kier molecular flexibility index (Phi) is 5.73. The second-order valence-electron chi connectivity index (χ2n) is 8.01. The number of anilines is 2. The standard InChI is InChI=1S/C23H27FN6O2/c1-27-22(32-3)20-13-9-19(21(26)28-11-13)30-8-4-5-18(30)16-10-14(24)6-7-15(16)23(31)29(2)12-17(20)25/h6-7,9-11,18,25,27H,4-5,8,12H2,1-3H3,(H2,26,28)/b22-20+,25-17?. The number of fused-ring (bicyclic) bond motifs is 6. The molecule has 32 heavy (non-hydrogen) atoms. The van der Waals surface area contributed by atoms with Crippen molar-refractivity contribution in [3.8, 4) is 0 Å². The second kappa shape index (κ2) is 8.49. The van der Waals surface area contributed by atoms with Crippen molar-refractivity contribution in [2.24, 2.45) is 0 Å². The van der Waals surface area contributed by atoms with Crippen LogP contribution in [-0.2, 0) is 4.74 Å². The van der Waals surface area contributed by atoms with Crippen LogP contribution in [0.3, 0.4) is 0 Å². The number of nitrogen functional groups attached to an aromatic ring is 1.